The van der Waals surface area contributed by atoms with Gasteiger partial charge in [0.15, 0.2) is 0 Å². The Hall–Kier alpha value is -4.89. The number of aromatic nitrogens is 3. The third-order valence-corrected chi connectivity index (χ3v) is 6.37. The van der Waals surface area contributed by atoms with E-state index in [1.54, 1.807) is 38.1 Å². The average molecular weight is 556 g/mol. The zero-order chi connectivity index (χ0) is 29.4. The highest BCUT2D eigenvalue weighted by atomic mass is 16.5. The first-order valence-corrected chi connectivity index (χ1v) is 13.1. The number of nitrogens with two attached hydrogens (primary N) is 1. The average Bonchev–Trinajstić information content (AvgIpc) is 3.48. The minimum atomic E-state index is -1.00. The number of rotatable bonds is 10. The number of benzene rings is 1. The number of aliphatic imine (C=N–C) groups is 1. The van der Waals surface area contributed by atoms with Gasteiger partial charge in [-0.05, 0) is 57.0 Å². The fraction of sp³-hybridized carbons (Fsp3) is 0.345. The molecule has 2 aromatic heterocycles. The van der Waals surface area contributed by atoms with Crippen molar-refractivity contribution in [3.63, 3.8) is 0 Å². The first kappa shape index (κ1) is 29.1. The molecule has 0 radical (unpaired) electrons. The fourth-order valence-corrected chi connectivity index (χ4v) is 4.38. The number of ether oxygens (including phenoxy) is 1. The molecule has 0 bridgehead atoms. The predicted octanol–water partition coefficient (Wildman–Crippen LogP) is 2.67. The number of esters is 1. The van der Waals surface area contributed by atoms with Gasteiger partial charge in [0.25, 0.3) is 0 Å². The van der Waals surface area contributed by atoms with Crippen LogP contribution in [-0.2, 0) is 16.1 Å². The molecule has 1 atom stereocenters. The highest BCUT2D eigenvalue weighted by Crippen LogP contribution is 2.25. The van der Waals surface area contributed by atoms with Gasteiger partial charge in [0.2, 0.25) is 5.95 Å². The van der Waals surface area contributed by atoms with Crippen molar-refractivity contribution in [3.8, 4) is 17.3 Å². The minimum absolute atomic E-state index is 0.202. The smallest absolute Gasteiger partial charge is 0.328 e. The molecule has 4 N–H and O–H groups in total. The number of anilines is 2. The zero-order valence-electron chi connectivity index (χ0n) is 23.3. The molecule has 1 aliphatic rings. The van der Waals surface area contributed by atoms with Crippen LogP contribution in [-0.4, -0.2) is 69.8 Å². The summed E-state index contributed by atoms with van der Waals surface area (Å²) in [6, 6.07) is 16.1. The Morgan fingerprint density at radius 1 is 1.27 bits per heavy atom. The van der Waals surface area contributed by atoms with Crippen LogP contribution in [0.15, 0.2) is 58.6 Å². The number of hydrogen-bond acceptors (Lipinski definition) is 12. The number of aliphatic hydroxyl groups is 1. The molecule has 1 aliphatic heterocycles. The molecular formula is C29H33N9O3. The Bertz CT molecular complexity index is 1490. The molecule has 0 amide bonds. The third-order valence-electron chi connectivity index (χ3n) is 6.37. The van der Waals surface area contributed by atoms with Crippen LogP contribution >= 0.6 is 0 Å². The van der Waals surface area contributed by atoms with Gasteiger partial charge in [0.05, 0.1) is 54.2 Å². The number of pyridine rings is 1. The van der Waals surface area contributed by atoms with Crippen LogP contribution in [0.2, 0.25) is 0 Å². The molecule has 212 valence electrons. The van der Waals surface area contributed by atoms with E-state index in [1.807, 2.05) is 29.2 Å². The van der Waals surface area contributed by atoms with Gasteiger partial charge < -0.3 is 25.9 Å². The van der Waals surface area contributed by atoms with Crippen molar-refractivity contribution < 1.29 is 14.6 Å². The number of hydrogen-bond donors (Lipinski definition) is 3. The Kier molecular flexibility index (Phi) is 9.21. The molecular weight excluding hydrogens is 522 g/mol. The van der Waals surface area contributed by atoms with E-state index in [9.17, 15) is 15.2 Å². The summed E-state index contributed by atoms with van der Waals surface area (Å²) in [5, 5.41) is 26.5. The van der Waals surface area contributed by atoms with E-state index in [0.717, 1.165) is 19.4 Å². The molecule has 12 heteroatoms. The van der Waals surface area contributed by atoms with Crippen LogP contribution in [0.25, 0.3) is 11.3 Å². The summed E-state index contributed by atoms with van der Waals surface area (Å²) in [4.78, 5) is 32.4. The zero-order valence-corrected chi connectivity index (χ0v) is 23.3. The minimum Gasteiger partial charge on any atom is -0.467 e. The van der Waals surface area contributed by atoms with Crippen LogP contribution in [0, 0.1) is 11.3 Å². The Balaban J connectivity index is 1.57. The monoisotopic (exact) mass is 555 g/mol. The van der Waals surface area contributed by atoms with E-state index in [2.05, 4.69) is 31.4 Å². The number of hydrazone groups is 1. The molecule has 1 saturated heterocycles. The van der Waals surface area contributed by atoms with Crippen molar-refractivity contribution in [1.82, 2.24) is 15.0 Å². The van der Waals surface area contributed by atoms with Crippen molar-refractivity contribution in [2.75, 3.05) is 30.4 Å². The van der Waals surface area contributed by atoms with E-state index in [1.165, 1.54) is 13.3 Å². The standard InChI is InChI=1S/C29H33N9O3/c1-29(2,40)18-33-28-35-22(20-8-4-7-19(13-20)15-30)14-23(36-28)24(37-31)17-32-16-21-9-5-11-26(34-21)38-12-6-10-25(38)27(39)41-3/h4-5,7-9,11,13-14,17,25,40H,6,10,12,16,18,31H2,1-3H3,(H,33,35,36)/b32-17?,37-24+/t25-/m0/s1. The van der Waals surface area contributed by atoms with Crippen molar-refractivity contribution >= 4 is 29.7 Å². The molecule has 0 spiro atoms. The molecule has 0 unspecified atom stereocenters. The molecule has 3 aromatic rings. The van der Waals surface area contributed by atoms with Gasteiger partial charge in [0, 0.05) is 18.7 Å². The summed E-state index contributed by atoms with van der Waals surface area (Å²) in [5.41, 5.74) is 2.15. The maximum Gasteiger partial charge on any atom is 0.328 e. The lowest BCUT2D eigenvalue weighted by Gasteiger charge is -2.23. The second-order valence-corrected chi connectivity index (χ2v) is 10.2. The van der Waals surface area contributed by atoms with Crippen molar-refractivity contribution in [1.29, 1.82) is 5.26 Å². The lowest BCUT2D eigenvalue weighted by atomic mass is 10.1. The molecule has 1 fully saturated rings. The third kappa shape index (κ3) is 7.61. The van der Waals surface area contributed by atoms with E-state index < -0.39 is 5.60 Å². The predicted molar refractivity (Wildman–Crippen MR) is 157 cm³/mol. The Morgan fingerprint density at radius 2 is 2.07 bits per heavy atom. The molecule has 3 heterocycles. The first-order chi connectivity index (χ1) is 19.7. The van der Waals surface area contributed by atoms with Crippen LogP contribution in [0.3, 0.4) is 0 Å². The first-order valence-electron chi connectivity index (χ1n) is 13.1. The van der Waals surface area contributed by atoms with Crippen molar-refractivity contribution in [3.05, 3.63) is 65.5 Å². The summed E-state index contributed by atoms with van der Waals surface area (Å²) in [5.74, 6) is 6.43. The van der Waals surface area contributed by atoms with Crippen LogP contribution in [0.4, 0.5) is 11.8 Å². The Morgan fingerprint density at radius 3 is 2.80 bits per heavy atom. The van der Waals surface area contributed by atoms with E-state index in [4.69, 9.17) is 15.6 Å². The maximum atomic E-state index is 12.2. The lowest BCUT2D eigenvalue weighted by molar-refractivity contribution is -0.141. The number of nitriles is 1. The van der Waals surface area contributed by atoms with Crippen LogP contribution < -0.4 is 16.1 Å². The van der Waals surface area contributed by atoms with E-state index >= 15 is 0 Å². The Labute approximate surface area is 238 Å². The molecule has 4 rings (SSSR count). The second kappa shape index (κ2) is 13.0. The normalized spacial score (nSPS) is 15.6. The topological polar surface area (TPSA) is 175 Å². The fourth-order valence-electron chi connectivity index (χ4n) is 4.38. The van der Waals surface area contributed by atoms with Crippen LogP contribution in [0.1, 0.15) is 43.6 Å². The van der Waals surface area contributed by atoms with Crippen molar-refractivity contribution in [2.24, 2.45) is 15.9 Å². The summed E-state index contributed by atoms with van der Waals surface area (Å²) < 4.78 is 4.95. The van der Waals surface area contributed by atoms with Gasteiger partial charge in [-0.25, -0.2) is 19.7 Å². The highest BCUT2D eigenvalue weighted by Gasteiger charge is 2.32. The molecule has 41 heavy (non-hydrogen) atoms. The van der Waals surface area contributed by atoms with Gasteiger partial charge in [-0.3, -0.25) is 4.99 Å². The largest absolute Gasteiger partial charge is 0.467 e. The number of nitrogens with one attached hydrogen (secondary N) is 1. The number of carbonyl (C=O) groups excluding carboxylic acids is 1. The number of methoxy groups -OCH3 is 1. The quantitative estimate of drug-likeness (QED) is 0.146. The second-order valence-electron chi connectivity index (χ2n) is 10.2. The lowest BCUT2D eigenvalue weighted by Crippen LogP contribution is -2.37. The molecule has 0 saturated carbocycles. The molecule has 1 aromatic carbocycles. The van der Waals surface area contributed by atoms with E-state index in [0.29, 0.717) is 39.7 Å². The summed E-state index contributed by atoms with van der Waals surface area (Å²) in [6.07, 6.45) is 3.12. The molecule has 12 nitrogen and oxygen atoms in total. The number of carbonyl (C=O) groups is 1. The summed E-state index contributed by atoms with van der Waals surface area (Å²) in [6.45, 7) is 4.51. The van der Waals surface area contributed by atoms with Gasteiger partial charge in [-0.2, -0.15) is 10.4 Å². The van der Waals surface area contributed by atoms with E-state index in [-0.39, 0.29) is 31.0 Å². The van der Waals surface area contributed by atoms with Crippen LogP contribution in [0.5, 0.6) is 0 Å². The van der Waals surface area contributed by atoms with Gasteiger partial charge in [0.1, 0.15) is 17.6 Å². The number of nitrogens with zero attached hydrogens (tertiary/aromatic N) is 7. The highest BCUT2D eigenvalue weighted by molar-refractivity contribution is 6.37. The van der Waals surface area contributed by atoms with Gasteiger partial charge >= 0.3 is 5.97 Å². The van der Waals surface area contributed by atoms with Crippen molar-refractivity contribution in [2.45, 2.75) is 44.9 Å². The summed E-state index contributed by atoms with van der Waals surface area (Å²) >= 11 is 0. The van der Waals surface area contributed by atoms with Gasteiger partial charge in [-0.1, -0.05) is 18.2 Å². The SMILES string of the molecule is COC(=O)[C@@H]1CCCN1c1cccc(CN=C/C(=N\N)c2cc(-c3cccc(C#N)c3)nc(NCC(C)(C)O)n2)n1. The summed E-state index contributed by atoms with van der Waals surface area (Å²) in [7, 11) is 1.39. The maximum absolute atomic E-state index is 12.2. The molecule has 0 aliphatic carbocycles. The van der Waals surface area contributed by atoms with Gasteiger partial charge in [-0.15, -0.1) is 0 Å².